The molecule has 2 nitrogen and oxygen atoms in total. The summed E-state index contributed by atoms with van der Waals surface area (Å²) in [5.74, 6) is 0.810. The van der Waals surface area contributed by atoms with Crippen LogP contribution in [-0.4, -0.2) is 11.2 Å². The van der Waals surface area contributed by atoms with Crippen molar-refractivity contribution in [1.82, 2.24) is 0 Å². The van der Waals surface area contributed by atoms with E-state index in [1.54, 1.807) is 0 Å². The van der Waals surface area contributed by atoms with E-state index in [1.165, 1.54) is 12.5 Å². The van der Waals surface area contributed by atoms with Crippen molar-refractivity contribution in [2.24, 2.45) is 0 Å². The maximum atomic E-state index is 11.1. The molecular weight excluding hydrogens is 284 g/mol. The molecule has 1 unspecified atom stereocenters. The molecule has 2 aromatic rings. The standard InChI is InChI=1S/C18H19ClO2/c1-13-3-5-16(6-4-13)12-21-17-9-7-15(8-10-17)11-18(19)14(2)20/h3-10,18H,11-12H2,1-2H3. The van der Waals surface area contributed by atoms with E-state index in [-0.39, 0.29) is 5.78 Å². The van der Waals surface area contributed by atoms with Crippen LogP contribution in [0.5, 0.6) is 5.75 Å². The van der Waals surface area contributed by atoms with Gasteiger partial charge in [-0.25, -0.2) is 0 Å². The molecule has 0 aliphatic carbocycles. The van der Waals surface area contributed by atoms with Gasteiger partial charge in [-0.1, -0.05) is 42.0 Å². The highest BCUT2D eigenvalue weighted by molar-refractivity contribution is 6.30. The van der Waals surface area contributed by atoms with Gasteiger partial charge in [-0.15, -0.1) is 11.6 Å². The molecule has 0 spiro atoms. The average molecular weight is 303 g/mol. The maximum absolute atomic E-state index is 11.1. The summed E-state index contributed by atoms with van der Waals surface area (Å²) in [6.07, 6.45) is 0.551. The smallest absolute Gasteiger partial charge is 0.147 e. The SMILES string of the molecule is CC(=O)C(Cl)Cc1ccc(OCc2ccc(C)cc2)cc1. The third-order valence-corrected chi connectivity index (χ3v) is 3.77. The minimum atomic E-state index is -0.454. The van der Waals surface area contributed by atoms with E-state index in [0.29, 0.717) is 13.0 Å². The van der Waals surface area contributed by atoms with Crippen molar-refractivity contribution in [3.8, 4) is 5.75 Å². The van der Waals surface area contributed by atoms with Crippen LogP contribution in [0, 0.1) is 6.92 Å². The molecule has 3 heteroatoms. The summed E-state index contributed by atoms with van der Waals surface area (Å²) >= 11 is 5.96. The molecule has 110 valence electrons. The molecule has 2 rings (SSSR count). The van der Waals surface area contributed by atoms with Gasteiger partial charge in [0.15, 0.2) is 0 Å². The van der Waals surface area contributed by atoms with Gasteiger partial charge in [0.05, 0.1) is 5.38 Å². The monoisotopic (exact) mass is 302 g/mol. The number of rotatable bonds is 6. The Bertz CT molecular complexity index is 588. The van der Waals surface area contributed by atoms with Crippen LogP contribution in [0.3, 0.4) is 0 Å². The van der Waals surface area contributed by atoms with E-state index in [2.05, 4.69) is 31.2 Å². The number of ketones is 1. The van der Waals surface area contributed by atoms with E-state index in [1.807, 2.05) is 24.3 Å². The summed E-state index contributed by atoms with van der Waals surface area (Å²) in [7, 11) is 0. The van der Waals surface area contributed by atoms with Crippen molar-refractivity contribution < 1.29 is 9.53 Å². The second-order valence-corrected chi connectivity index (χ2v) is 5.73. The van der Waals surface area contributed by atoms with Crippen molar-refractivity contribution in [2.75, 3.05) is 0 Å². The highest BCUT2D eigenvalue weighted by atomic mass is 35.5. The summed E-state index contributed by atoms with van der Waals surface area (Å²) in [6, 6.07) is 16.0. The predicted molar refractivity (Wildman–Crippen MR) is 86.0 cm³/mol. The number of ether oxygens (including phenoxy) is 1. The van der Waals surface area contributed by atoms with Crippen molar-refractivity contribution >= 4 is 17.4 Å². The highest BCUT2D eigenvalue weighted by Gasteiger charge is 2.10. The van der Waals surface area contributed by atoms with Crippen LogP contribution in [0.15, 0.2) is 48.5 Å². The van der Waals surface area contributed by atoms with Crippen LogP contribution < -0.4 is 4.74 Å². The molecule has 1 atom stereocenters. The molecule has 21 heavy (non-hydrogen) atoms. The van der Waals surface area contributed by atoms with Gasteiger partial charge in [0.1, 0.15) is 18.1 Å². The first-order valence-corrected chi connectivity index (χ1v) is 7.40. The second-order valence-electron chi connectivity index (χ2n) is 5.20. The van der Waals surface area contributed by atoms with E-state index in [4.69, 9.17) is 16.3 Å². The molecule has 0 amide bonds. The summed E-state index contributed by atoms with van der Waals surface area (Å²) in [6.45, 7) is 4.12. The van der Waals surface area contributed by atoms with Gasteiger partial charge < -0.3 is 4.74 Å². The number of halogens is 1. The van der Waals surface area contributed by atoms with E-state index in [9.17, 15) is 4.79 Å². The molecule has 0 aliphatic rings. The normalized spacial score (nSPS) is 12.0. The van der Waals surface area contributed by atoms with Crippen LogP contribution in [0.25, 0.3) is 0 Å². The van der Waals surface area contributed by atoms with Gasteiger partial charge in [-0.2, -0.15) is 0 Å². The van der Waals surface area contributed by atoms with Gasteiger partial charge >= 0.3 is 0 Å². The highest BCUT2D eigenvalue weighted by Crippen LogP contribution is 2.17. The lowest BCUT2D eigenvalue weighted by Gasteiger charge is -2.09. The third-order valence-electron chi connectivity index (χ3n) is 3.31. The van der Waals surface area contributed by atoms with E-state index in [0.717, 1.165) is 16.9 Å². The summed E-state index contributed by atoms with van der Waals surface area (Å²) in [4.78, 5) is 11.1. The lowest BCUT2D eigenvalue weighted by atomic mass is 10.1. The fourth-order valence-electron chi connectivity index (χ4n) is 1.92. The zero-order chi connectivity index (χ0) is 15.2. The van der Waals surface area contributed by atoms with Crippen molar-refractivity contribution in [2.45, 2.75) is 32.3 Å². The summed E-state index contributed by atoms with van der Waals surface area (Å²) in [5.41, 5.74) is 3.42. The molecule has 0 saturated carbocycles. The first-order valence-electron chi connectivity index (χ1n) is 6.96. The molecule has 0 bridgehead atoms. The Morgan fingerprint density at radius 1 is 1.05 bits per heavy atom. The Hall–Kier alpha value is -1.80. The predicted octanol–water partition coefficient (Wildman–Crippen LogP) is 4.31. The molecule has 0 heterocycles. The number of Topliss-reactive ketones (excluding diaryl/α,β-unsaturated/α-hetero) is 1. The van der Waals surface area contributed by atoms with Crippen LogP contribution in [0.4, 0.5) is 0 Å². The maximum Gasteiger partial charge on any atom is 0.147 e. The first kappa shape index (κ1) is 15.6. The van der Waals surface area contributed by atoms with Gasteiger partial charge in [-0.05, 0) is 43.5 Å². The van der Waals surface area contributed by atoms with Crippen molar-refractivity contribution in [1.29, 1.82) is 0 Å². The van der Waals surface area contributed by atoms with Crippen LogP contribution in [0.1, 0.15) is 23.6 Å². The number of carbonyl (C=O) groups is 1. The number of hydrogen-bond acceptors (Lipinski definition) is 2. The minimum absolute atomic E-state index is 0.00337. The number of hydrogen-bond donors (Lipinski definition) is 0. The molecular formula is C18H19ClO2. The summed E-state index contributed by atoms with van der Waals surface area (Å²) < 4.78 is 5.74. The largest absolute Gasteiger partial charge is 0.489 e. The fourth-order valence-corrected chi connectivity index (χ4v) is 2.10. The number of alkyl halides is 1. The molecule has 0 radical (unpaired) electrons. The third kappa shape index (κ3) is 4.91. The van der Waals surface area contributed by atoms with Crippen LogP contribution in [-0.2, 0) is 17.8 Å². The lowest BCUT2D eigenvalue weighted by molar-refractivity contribution is -0.116. The summed E-state index contributed by atoms with van der Waals surface area (Å²) in [5, 5.41) is -0.454. The van der Waals surface area contributed by atoms with Gasteiger partial charge in [0.2, 0.25) is 0 Å². The number of aryl methyl sites for hydroxylation is 1. The molecule has 0 aliphatic heterocycles. The Morgan fingerprint density at radius 3 is 2.19 bits per heavy atom. The van der Waals surface area contributed by atoms with Gasteiger partial charge in [0, 0.05) is 0 Å². The van der Waals surface area contributed by atoms with E-state index < -0.39 is 5.38 Å². The Morgan fingerprint density at radius 2 is 1.62 bits per heavy atom. The average Bonchev–Trinajstić information content (AvgIpc) is 2.48. The topological polar surface area (TPSA) is 26.3 Å². The fraction of sp³-hybridized carbons (Fsp3) is 0.278. The molecule has 0 N–H and O–H groups in total. The molecule has 0 fully saturated rings. The van der Waals surface area contributed by atoms with Crippen molar-refractivity contribution in [3.05, 3.63) is 65.2 Å². The Balaban J connectivity index is 1.90. The second kappa shape index (κ2) is 7.28. The minimum Gasteiger partial charge on any atom is -0.489 e. The van der Waals surface area contributed by atoms with Crippen LogP contribution >= 0.6 is 11.6 Å². The molecule has 0 aromatic heterocycles. The van der Waals surface area contributed by atoms with E-state index >= 15 is 0 Å². The van der Waals surface area contributed by atoms with Gasteiger partial charge in [0.25, 0.3) is 0 Å². The van der Waals surface area contributed by atoms with Gasteiger partial charge in [-0.3, -0.25) is 4.79 Å². The zero-order valence-corrected chi connectivity index (χ0v) is 13.1. The molecule has 2 aromatic carbocycles. The Kier molecular flexibility index (Phi) is 5.40. The quantitative estimate of drug-likeness (QED) is 0.743. The lowest BCUT2D eigenvalue weighted by Crippen LogP contribution is -2.13. The van der Waals surface area contributed by atoms with Crippen molar-refractivity contribution in [3.63, 3.8) is 0 Å². The number of benzene rings is 2. The zero-order valence-electron chi connectivity index (χ0n) is 12.3. The molecule has 0 saturated heterocycles. The first-order chi connectivity index (χ1) is 10.0. The van der Waals surface area contributed by atoms with Crippen LogP contribution in [0.2, 0.25) is 0 Å². The Labute approximate surface area is 130 Å². The number of carbonyl (C=O) groups excluding carboxylic acids is 1.